The SMILES string of the molecule is O=Cc1ccc(COc2ccc(Br)cc2Cl)o1. The van der Waals surface area contributed by atoms with Gasteiger partial charge in [0.15, 0.2) is 12.0 Å². The van der Waals surface area contributed by atoms with E-state index in [1.165, 1.54) is 0 Å². The van der Waals surface area contributed by atoms with Crippen LogP contribution in [0.5, 0.6) is 5.75 Å². The molecule has 0 atom stereocenters. The lowest BCUT2D eigenvalue weighted by molar-refractivity contribution is 0.109. The lowest BCUT2D eigenvalue weighted by atomic mass is 10.3. The molecular weight excluding hydrogens is 307 g/mol. The fourth-order valence-corrected chi connectivity index (χ4v) is 2.00. The van der Waals surface area contributed by atoms with Crippen molar-refractivity contribution < 1.29 is 13.9 Å². The minimum absolute atomic E-state index is 0.231. The Morgan fingerprint density at radius 3 is 2.82 bits per heavy atom. The Morgan fingerprint density at radius 2 is 2.18 bits per heavy atom. The zero-order chi connectivity index (χ0) is 12.3. The number of carbonyl (C=O) groups excluding carboxylic acids is 1. The number of halogens is 2. The number of aldehydes is 1. The van der Waals surface area contributed by atoms with Gasteiger partial charge in [0.25, 0.3) is 0 Å². The Kier molecular flexibility index (Phi) is 3.86. The first-order valence-electron chi connectivity index (χ1n) is 4.81. The number of furan rings is 1. The van der Waals surface area contributed by atoms with Crippen LogP contribution in [-0.2, 0) is 6.61 Å². The summed E-state index contributed by atoms with van der Waals surface area (Å²) in [5.74, 6) is 1.43. The lowest BCUT2D eigenvalue weighted by Gasteiger charge is -2.06. The van der Waals surface area contributed by atoms with Crippen LogP contribution in [0.3, 0.4) is 0 Å². The van der Waals surface area contributed by atoms with Crippen LogP contribution in [0.25, 0.3) is 0 Å². The Bertz CT molecular complexity index is 536. The van der Waals surface area contributed by atoms with Crippen molar-refractivity contribution in [3.8, 4) is 5.75 Å². The Hall–Kier alpha value is -1.26. The van der Waals surface area contributed by atoms with Gasteiger partial charge in [0.05, 0.1) is 5.02 Å². The zero-order valence-electron chi connectivity index (χ0n) is 8.65. The second-order valence-corrected chi connectivity index (χ2v) is 4.61. The Labute approximate surface area is 111 Å². The van der Waals surface area contributed by atoms with Crippen molar-refractivity contribution >= 4 is 33.8 Å². The smallest absolute Gasteiger partial charge is 0.185 e. The summed E-state index contributed by atoms with van der Waals surface area (Å²) in [4.78, 5) is 10.4. The van der Waals surface area contributed by atoms with Gasteiger partial charge < -0.3 is 9.15 Å². The average molecular weight is 316 g/mol. The van der Waals surface area contributed by atoms with Crippen LogP contribution in [0.15, 0.2) is 39.2 Å². The molecule has 0 spiro atoms. The monoisotopic (exact) mass is 314 g/mol. The fraction of sp³-hybridized carbons (Fsp3) is 0.0833. The van der Waals surface area contributed by atoms with Crippen LogP contribution in [0.2, 0.25) is 5.02 Å². The van der Waals surface area contributed by atoms with E-state index in [1.54, 1.807) is 24.3 Å². The Balaban J connectivity index is 2.04. The van der Waals surface area contributed by atoms with Crippen LogP contribution in [0.4, 0.5) is 0 Å². The molecule has 0 saturated heterocycles. The maximum atomic E-state index is 10.4. The molecule has 1 heterocycles. The van der Waals surface area contributed by atoms with Gasteiger partial charge in [-0.15, -0.1) is 0 Å². The molecule has 5 heteroatoms. The lowest BCUT2D eigenvalue weighted by Crippen LogP contribution is -1.94. The van der Waals surface area contributed by atoms with Gasteiger partial charge in [0.2, 0.25) is 0 Å². The molecule has 17 heavy (non-hydrogen) atoms. The summed E-state index contributed by atoms with van der Waals surface area (Å²) in [6.45, 7) is 0.231. The van der Waals surface area contributed by atoms with Gasteiger partial charge in [-0.3, -0.25) is 4.79 Å². The van der Waals surface area contributed by atoms with Gasteiger partial charge >= 0.3 is 0 Å². The maximum Gasteiger partial charge on any atom is 0.185 e. The van der Waals surface area contributed by atoms with Crippen molar-refractivity contribution in [2.24, 2.45) is 0 Å². The standard InChI is InChI=1S/C12H8BrClO3/c13-8-1-4-12(11(14)5-8)16-7-10-3-2-9(6-15)17-10/h1-6H,7H2. The molecule has 0 saturated carbocycles. The van der Waals surface area contributed by atoms with Gasteiger partial charge in [0.1, 0.15) is 18.1 Å². The van der Waals surface area contributed by atoms with Crippen molar-refractivity contribution in [1.82, 2.24) is 0 Å². The third-order valence-corrected chi connectivity index (χ3v) is 2.85. The first-order chi connectivity index (χ1) is 8.19. The van der Waals surface area contributed by atoms with Crippen LogP contribution < -0.4 is 4.74 Å². The number of ether oxygens (including phenoxy) is 1. The second kappa shape index (κ2) is 5.38. The van der Waals surface area contributed by atoms with E-state index in [0.717, 1.165) is 4.47 Å². The molecule has 88 valence electrons. The zero-order valence-corrected chi connectivity index (χ0v) is 11.0. The highest BCUT2D eigenvalue weighted by molar-refractivity contribution is 9.10. The molecule has 0 bridgehead atoms. The second-order valence-electron chi connectivity index (χ2n) is 3.29. The number of hydrogen-bond donors (Lipinski definition) is 0. The predicted molar refractivity (Wildman–Crippen MR) is 67.6 cm³/mol. The van der Waals surface area contributed by atoms with Crippen LogP contribution in [0.1, 0.15) is 16.3 Å². The highest BCUT2D eigenvalue weighted by Gasteiger charge is 2.05. The topological polar surface area (TPSA) is 39.4 Å². The molecule has 0 amide bonds. The number of benzene rings is 1. The molecule has 0 fully saturated rings. The van der Waals surface area contributed by atoms with E-state index >= 15 is 0 Å². The number of hydrogen-bond acceptors (Lipinski definition) is 3. The molecule has 0 radical (unpaired) electrons. The third kappa shape index (κ3) is 3.11. The molecule has 2 rings (SSSR count). The molecule has 0 unspecified atom stereocenters. The molecule has 0 N–H and O–H groups in total. The summed E-state index contributed by atoms with van der Waals surface area (Å²) in [5.41, 5.74) is 0. The predicted octanol–water partition coefficient (Wildman–Crippen LogP) is 4.09. The number of rotatable bonds is 4. The summed E-state index contributed by atoms with van der Waals surface area (Å²) in [7, 11) is 0. The van der Waals surface area contributed by atoms with E-state index in [1.807, 2.05) is 6.07 Å². The molecule has 3 nitrogen and oxygen atoms in total. The third-order valence-electron chi connectivity index (χ3n) is 2.06. The maximum absolute atomic E-state index is 10.4. The van der Waals surface area contributed by atoms with Crippen molar-refractivity contribution in [3.63, 3.8) is 0 Å². The van der Waals surface area contributed by atoms with E-state index < -0.39 is 0 Å². The molecule has 0 aliphatic carbocycles. The minimum atomic E-state index is 0.231. The summed E-state index contributed by atoms with van der Waals surface area (Å²) in [5, 5.41) is 0.515. The quantitative estimate of drug-likeness (QED) is 0.798. The van der Waals surface area contributed by atoms with Crippen molar-refractivity contribution in [3.05, 3.63) is 51.3 Å². The summed E-state index contributed by atoms with van der Waals surface area (Å²) >= 11 is 9.29. The van der Waals surface area contributed by atoms with E-state index in [0.29, 0.717) is 22.8 Å². The van der Waals surface area contributed by atoms with Crippen molar-refractivity contribution in [2.75, 3.05) is 0 Å². The van der Waals surface area contributed by atoms with Gasteiger partial charge in [-0.2, -0.15) is 0 Å². The molecule has 0 aliphatic rings. The van der Waals surface area contributed by atoms with E-state index in [9.17, 15) is 4.79 Å². The van der Waals surface area contributed by atoms with Crippen molar-refractivity contribution in [2.45, 2.75) is 6.61 Å². The molecule has 1 aromatic heterocycles. The van der Waals surface area contributed by atoms with Gasteiger partial charge in [-0.05, 0) is 30.3 Å². The molecule has 0 aliphatic heterocycles. The van der Waals surface area contributed by atoms with Gasteiger partial charge in [-0.1, -0.05) is 27.5 Å². The first-order valence-corrected chi connectivity index (χ1v) is 5.98. The van der Waals surface area contributed by atoms with E-state index in [4.69, 9.17) is 20.8 Å². The summed E-state index contributed by atoms with van der Waals surface area (Å²) in [6.07, 6.45) is 0.649. The average Bonchev–Trinajstić information content (AvgIpc) is 2.76. The molecule has 1 aromatic carbocycles. The highest BCUT2D eigenvalue weighted by Crippen LogP contribution is 2.28. The molecular formula is C12H8BrClO3. The first kappa shape index (κ1) is 12.2. The summed E-state index contributed by atoms with van der Waals surface area (Å²) in [6, 6.07) is 8.62. The normalized spacial score (nSPS) is 10.2. The fourth-order valence-electron chi connectivity index (χ4n) is 1.28. The van der Waals surface area contributed by atoms with Crippen LogP contribution in [-0.4, -0.2) is 6.29 Å². The van der Waals surface area contributed by atoms with Gasteiger partial charge in [-0.25, -0.2) is 0 Å². The molecule has 2 aromatic rings. The van der Waals surface area contributed by atoms with E-state index in [2.05, 4.69) is 15.9 Å². The van der Waals surface area contributed by atoms with Crippen molar-refractivity contribution in [1.29, 1.82) is 0 Å². The minimum Gasteiger partial charge on any atom is -0.484 e. The van der Waals surface area contributed by atoms with Crippen LogP contribution in [0, 0.1) is 0 Å². The summed E-state index contributed by atoms with van der Waals surface area (Å²) < 4.78 is 11.5. The largest absolute Gasteiger partial charge is 0.484 e. The van der Waals surface area contributed by atoms with Crippen LogP contribution >= 0.6 is 27.5 Å². The van der Waals surface area contributed by atoms with Gasteiger partial charge in [0, 0.05) is 4.47 Å². The highest BCUT2D eigenvalue weighted by atomic mass is 79.9. The van der Waals surface area contributed by atoms with E-state index in [-0.39, 0.29) is 12.4 Å². The Morgan fingerprint density at radius 1 is 1.35 bits per heavy atom. The number of carbonyl (C=O) groups is 1.